The number of thioether (sulfide) groups is 1. The van der Waals surface area contributed by atoms with E-state index >= 15 is 0 Å². The normalized spacial score (nSPS) is 31.2. The summed E-state index contributed by atoms with van der Waals surface area (Å²) in [5.41, 5.74) is -0.0816. The van der Waals surface area contributed by atoms with Crippen molar-refractivity contribution in [2.75, 3.05) is 5.75 Å². The zero-order valence-electron chi connectivity index (χ0n) is 14.9. The lowest BCUT2D eigenvalue weighted by atomic mass is 9.53. The number of rotatable bonds is 4. The van der Waals surface area contributed by atoms with Crippen LogP contribution in [0.25, 0.3) is 10.2 Å². The van der Waals surface area contributed by atoms with E-state index in [-0.39, 0.29) is 23.2 Å². The minimum absolute atomic E-state index is 0.0816. The minimum Gasteiger partial charge on any atom is -0.332 e. The zero-order valence-corrected chi connectivity index (χ0v) is 16.6. The second-order valence-corrected chi connectivity index (χ2v) is 10.2. The molecule has 6 rings (SSSR count). The predicted octanol–water partition coefficient (Wildman–Crippen LogP) is 3.58. The lowest BCUT2D eigenvalue weighted by Gasteiger charge is -2.56. The molecule has 0 spiro atoms. The van der Waals surface area contributed by atoms with Crippen LogP contribution < -0.4 is 10.6 Å². The quantitative estimate of drug-likeness (QED) is 0.603. The summed E-state index contributed by atoms with van der Waals surface area (Å²) in [4.78, 5) is 34.1. The summed E-state index contributed by atoms with van der Waals surface area (Å²) in [6.45, 7) is 0. The van der Waals surface area contributed by atoms with Crippen LogP contribution in [0.4, 0.5) is 4.79 Å². The van der Waals surface area contributed by atoms with Gasteiger partial charge >= 0.3 is 6.03 Å². The molecule has 2 heterocycles. The number of nitrogens with one attached hydrogen (secondary N) is 2. The molecule has 4 fully saturated rings. The van der Waals surface area contributed by atoms with E-state index in [1.807, 2.05) is 11.4 Å². The number of carbonyl (C=O) groups is 2. The molecular formula is C19H22N4O2S2. The maximum Gasteiger partial charge on any atom is 0.321 e. The number of hydrogen-bond acceptors (Lipinski definition) is 6. The van der Waals surface area contributed by atoms with Gasteiger partial charge in [-0.1, -0.05) is 11.8 Å². The Labute approximate surface area is 165 Å². The highest BCUT2D eigenvalue weighted by molar-refractivity contribution is 8.00. The van der Waals surface area contributed by atoms with Crippen molar-refractivity contribution in [3.05, 3.63) is 17.8 Å². The van der Waals surface area contributed by atoms with Crippen molar-refractivity contribution in [3.63, 3.8) is 0 Å². The summed E-state index contributed by atoms with van der Waals surface area (Å²) in [5.74, 6) is 2.15. The van der Waals surface area contributed by atoms with Crippen LogP contribution in [0.15, 0.2) is 22.8 Å². The molecule has 27 heavy (non-hydrogen) atoms. The molecule has 4 aliphatic carbocycles. The van der Waals surface area contributed by atoms with E-state index in [4.69, 9.17) is 0 Å². The van der Waals surface area contributed by atoms with Gasteiger partial charge in [0.05, 0.1) is 5.75 Å². The SMILES string of the molecule is O=C(CSc1ncnc2sccc12)NC(=O)NC12CC3CC(CC(C3)C1)C2. The van der Waals surface area contributed by atoms with Crippen molar-refractivity contribution in [2.45, 2.75) is 49.1 Å². The monoisotopic (exact) mass is 402 g/mol. The smallest absolute Gasteiger partial charge is 0.321 e. The van der Waals surface area contributed by atoms with Crippen LogP contribution in [0.5, 0.6) is 0 Å². The van der Waals surface area contributed by atoms with Crippen LogP contribution in [0.2, 0.25) is 0 Å². The molecule has 4 bridgehead atoms. The molecular weight excluding hydrogens is 380 g/mol. The molecule has 0 aliphatic heterocycles. The number of aromatic nitrogens is 2. The molecule has 3 amide bonds. The highest BCUT2D eigenvalue weighted by atomic mass is 32.2. The van der Waals surface area contributed by atoms with Gasteiger partial charge < -0.3 is 5.32 Å². The first-order valence-corrected chi connectivity index (χ1v) is 11.4. The van der Waals surface area contributed by atoms with E-state index < -0.39 is 0 Å². The topological polar surface area (TPSA) is 84.0 Å². The van der Waals surface area contributed by atoms with Crippen LogP contribution in [0.3, 0.4) is 0 Å². The van der Waals surface area contributed by atoms with E-state index in [0.29, 0.717) is 0 Å². The molecule has 0 atom stereocenters. The molecule has 0 unspecified atom stereocenters. The third-order valence-corrected chi connectivity index (χ3v) is 8.06. The largest absolute Gasteiger partial charge is 0.332 e. The first-order valence-electron chi connectivity index (χ1n) is 9.51. The minimum atomic E-state index is -0.342. The summed E-state index contributed by atoms with van der Waals surface area (Å²) < 4.78 is 0. The lowest BCUT2D eigenvalue weighted by molar-refractivity contribution is -0.117. The summed E-state index contributed by atoms with van der Waals surface area (Å²) in [7, 11) is 0. The van der Waals surface area contributed by atoms with Gasteiger partial charge in [-0.2, -0.15) is 0 Å². The molecule has 4 saturated carbocycles. The molecule has 0 radical (unpaired) electrons. The lowest BCUT2D eigenvalue weighted by Crippen LogP contribution is -2.61. The fraction of sp³-hybridized carbons (Fsp3) is 0.579. The van der Waals surface area contributed by atoms with Gasteiger partial charge in [0.1, 0.15) is 16.2 Å². The predicted molar refractivity (Wildman–Crippen MR) is 106 cm³/mol. The molecule has 142 valence electrons. The van der Waals surface area contributed by atoms with E-state index in [2.05, 4.69) is 20.6 Å². The fourth-order valence-corrected chi connectivity index (χ4v) is 7.29. The Kier molecular flexibility index (Phi) is 4.35. The number of amides is 3. The van der Waals surface area contributed by atoms with Gasteiger partial charge in [0.15, 0.2) is 0 Å². The van der Waals surface area contributed by atoms with Crippen molar-refractivity contribution in [3.8, 4) is 0 Å². The summed E-state index contributed by atoms with van der Waals surface area (Å²) in [6, 6.07) is 1.62. The Bertz CT molecular complexity index is 861. The van der Waals surface area contributed by atoms with E-state index in [1.54, 1.807) is 11.3 Å². The van der Waals surface area contributed by atoms with E-state index in [9.17, 15) is 9.59 Å². The maximum atomic E-state index is 12.4. The Morgan fingerprint density at radius 3 is 2.56 bits per heavy atom. The summed E-state index contributed by atoms with van der Waals surface area (Å²) in [5, 5.41) is 9.38. The van der Waals surface area contributed by atoms with Gasteiger partial charge in [0.25, 0.3) is 0 Å². The van der Waals surface area contributed by atoms with Crippen molar-refractivity contribution in [1.82, 2.24) is 20.6 Å². The summed E-state index contributed by atoms with van der Waals surface area (Å²) in [6.07, 6.45) is 8.72. The first kappa shape index (κ1) is 17.4. The van der Waals surface area contributed by atoms with Gasteiger partial charge in [-0.25, -0.2) is 14.8 Å². The molecule has 0 saturated heterocycles. The Hall–Kier alpha value is -1.67. The van der Waals surface area contributed by atoms with Crippen LogP contribution in [0, 0.1) is 17.8 Å². The highest BCUT2D eigenvalue weighted by Gasteiger charge is 2.51. The Morgan fingerprint density at radius 2 is 1.85 bits per heavy atom. The third-order valence-electron chi connectivity index (χ3n) is 6.24. The molecule has 2 aromatic heterocycles. The maximum absolute atomic E-state index is 12.4. The van der Waals surface area contributed by atoms with Gasteiger partial charge in [-0.3, -0.25) is 10.1 Å². The van der Waals surface area contributed by atoms with Gasteiger partial charge in [-0.05, 0) is 67.7 Å². The highest BCUT2D eigenvalue weighted by Crippen LogP contribution is 2.55. The van der Waals surface area contributed by atoms with Gasteiger partial charge in [0, 0.05) is 10.9 Å². The standard InChI is InChI=1S/C19H22N4O2S2/c24-15(9-27-17-14-1-2-26-16(14)20-10-21-17)22-18(25)23-19-6-11-3-12(7-19)5-13(4-11)8-19/h1-2,10-13H,3-9H2,(H2,22,23,24,25). The number of nitrogens with zero attached hydrogens (tertiary/aromatic N) is 2. The number of fused-ring (bicyclic) bond motifs is 1. The number of imide groups is 1. The van der Waals surface area contributed by atoms with E-state index in [0.717, 1.165) is 52.3 Å². The average molecular weight is 403 g/mol. The van der Waals surface area contributed by atoms with Gasteiger partial charge in [0.2, 0.25) is 5.91 Å². The van der Waals surface area contributed by atoms with Crippen molar-refractivity contribution >= 4 is 45.3 Å². The molecule has 6 nitrogen and oxygen atoms in total. The number of thiophene rings is 1. The molecule has 8 heteroatoms. The first-order chi connectivity index (χ1) is 13.1. The van der Waals surface area contributed by atoms with Crippen molar-refractivity contribution < 1.29 is 9.59 Å². The zero-order chi connectivity index (χ0) is 18.4. The van der Waals surface area contributed by atoms with Crippen LogP contribution in [-0.2, 0) is 4.79 Å². The molecule has 2 N–H and O–H groups in total. The second-order valence-electron chi connectivity index (χ2n) is 8.31. The van der Waals surface area contributed by atoms with Crippen molar-refractivity contribution in [2.24, 2.45) is 17.8 Å². The van der Waals surface area contributed by atoms with Crippen LogP contribution in [0.1, 0.15) is 38.5 Å². The van der Waals surface area contributed by atoms with Crippen LogP contribution in [-0.4, -0.2) is 33.2 Å². The average Bonchev–Trinajstić information content (AvgIpc) is 3.07. The van der Waals surface area contributed by atoms with E-state index in [1.165, 1.54) is 37.4 Å². The number of urea groups is 1. The third kappa shape index (κ3) is 3.45. The van der Waals surface area contributed by atoms with Gasteiger partial charge in [-0.15, -0.1) is 11.3 Å². The fourth-order valence-electron chi connectivity index (χ4n) is 5.71. The van der Waals surface area contributed by atoms with Crippen molar-refractivity contribution in [1.29, 1.82) is 0 Å². The molecule has 2 aromatic rings. The second kappa shape index (κ2) is 6.74. The Balaban J connectivity index is 1.17. The van der Waals surface area contributed by atoms with Crippen LogP contribution >= 0.6 is 23.1 Å². The number of carbonyl (C=O) groups excluding carboxylic acids is 2. The summed E-state index contributed by atoms with van der Waals surface area (Å²) >= 11 is 2.89. The molecule has 0 aromatic carbocycles. The molecule has 4 aliphatic rings. The Morgan fingerprint density at radius 1 is 1.15 bits per heavy atom. The number of hydrogen-bond donors (Lipinski definition) is 2.